The van der Waals surface area contributed by atoms with Crippen molar-refractivity contribution in [2.24, 2.45) is 0 Å². The lowest BCUT2D eigenvalue weighted by Gasteiger charge is -2.27. The first-order chi connectivity index (χ1) is 12.4. The summed E-state index contributed by atoms with van der Waals surface area (Å²) in [6.45, 7) is 4.50. The zero-order valence-corrected chi connectivity index (χ0v) is 14.8. The van der Waals surface area contributed by atoms with E-state index < -0.39 is 24.0 Å². The molecular formula is C18H23N3O5. The molecule has 1 saturated heterocycles. The van der Waals surface area contributed by atoms with Crippen LogP contribution in [-0.2, 0) is 25.6 Å². The van der Waals surface area contributed by atoms with Crippen molar-refractivity contribution >= 4 is 5.82 Å². The van der Waals surface area contributed by atoms with Gasteiger partial charge in [-0.1, -0.05) is 30.3 Å². The van der Waals surface area contributed by atoms with Crippen LogP contribution in [0.1, 0.15) is 25.6 Å². The second-order valence-electron chi connectivity index (χ2n) is 6.38. The molecule has 3 rings (SSSR count). The van der Waals surface area contributed by atoms with Gasteiger partial charge in [0.25, 0.3) is 0 Å². The Bertz CT molecular complexity index is 778. The molecular weight excluding hydrogens is 338 g/mol. The van der Waals surface area contributed by atoms with Crippen LogP contribution in [0, 0.1) is 0 Å². The highest BCUT2D eigenvalue weighted by atomic mass is 16.8. The second kappa shape index (κ2) is 7.96. The minimum Gasteiger partial charge on any atom is -0.383 e. The Morgan fingerprint density at radius 2 is 2.04 bits per heavy atom. The normalized spacial score (nSPS) is 20.4. The SMILES string of the molecule is CC(C)(OCc1ccccc1)OCC1OCC(n2ccc(N)nc2=O)O1. The molecule has 1 aromatic heterocycles. The molecule has 0 spiro atoms. The minimum atomic E-state index is -0.805. The zero-order chi connectivity index (χ0) is 18.6. The molecule has 1 aliphatic rings. The van der Waals surface area contributed by atoms with E-state index in [1.54, 1.807) is 0 Å². The number of hydrogen-bond donors (Lipinski definition) is 1. The monoisotopic (exact) mass is 361 g/mol. The lowest BCUT2D eigenvalue weighted by molar-refractivity contribution is -0.248. The molecule has 2 aromatic rings. The van der Waals surface area contributed by atoms with Crippen LogP contribution in [0.25, 0.3) is 0 Å². The van der Waals surface area contributed by atoms with E-state index in [1.165, 1.54) is 16.8 Å². The van der Waals surface area contributed by atoms with Gasteiger partial charge in [-0.05, 0) is 25.5 Å². The molecule has 140 valence electrons. The van der Waals surface area contributed by atoms with Gasteiger partial charge in [0, 0.05) is 6.20 Å². The van der Waals surface area contributed by atoms with Gasteiger partial charge < -0.3 is 24.7 Å². The van der Waals surface area contributed by atoms with Crippen LogP contribution in [0.2, 0.25) is 0 Å². The third-order valence-electron chi connectivity index (χ3n) is 3.89. The maximum Gasteiger partial charge on any atom is 0.351 e. The molecule has 2 unspecified atom stereocenters. The quantitative estimate of drug-likeness (QED) is 0.749. The van der Waals surface area contributed by atoms with Crippen LogP contribution >= 0.6 is 0 Å². The molecule has 0 radical (unpaired) electrons. The van der Waals surface area contributed by atoms with Gasteiger partial charge in [0.1, 0.15) is 12.4 Å². The van der Waals surface area contributed by atoms with Crippen molar-refractivity contribution in [1.82, 2.24) is 9.55 Å². The number of rotatable bonds is 7. The molecule has 2 N–H and O–H groups in total. The Morgan fingerprint density at radius 3 is 2.77 bits per heavy atom. The average Bonchev–Trinajstić information content (AvgIpc) is 3.08. The predicted octanol–water partition coefficient (Wildman–Crippen LogP) is 1.67. The summed E-state index contributed by atoms with van der Waals surface area (Å²) in [5.41, 5.74) is 6.07. The minimum absolute atomic E-state index is 0.169. The van der Waals surface area contributed by atoms with Crippen molar-refractivity contribution in [2.75, 3.05) is 18.9 Å². The van der Waals surface area contributed by atoms with E-state index in [9.17, 15) is 4.79 Å². The molecule has 8 nitrogen and oxygen atoms in total. The summed E-state index contributed by atoms with van der Waals surface area (Å²) in [5, 5.41) is 0. The van der Waals surface area contributed by atoms with E-state index in [0.717, 1.165) is 5.56 Å². The van der Waals surface area contributed by atoms with Gasteiger partial charge in [-0.15, -0.1) is 0 Å². The lowest BCUT2D eigenvalue weighted by atomic mass is 10.2. The third-order valence-corrected chi connectivity index (χ3v) is 3.89. The average molecular weight is 361 g/mol. The van der Waals surface area contributed by atoms with E-state index in [4.69, 9.17) is 24.7 Å². The van der Waals surface area contributed by atoms with Crippen LogP contribution in [-0.4, -0.2) is 34.8 Å². The Labute approximate surface area is 151 Å². The van der Waals surface area contributed by atoms with Crippen LogP contribution in [0.15, 0.2) is 47.4 Å². The molecule has 26 heavy (non-hydrogen) atoms. The first-order valence-corrected chi connectivity index (χ1v) is 8.36. The first-order valence-electron chi connectivity index (χ1n) is 8.36. The van der Waals surface area contributed by atoms with Crippen molar-refractivity contribution in [2.45, 2.75) is 38.8 Å². The number of nitrogens with zero attached hydrogens (tertiary/aromatic N) is 2. The number of benzene rings is 1. The summed E-state index contributed by atoms with van der Waals surface area (Å²) in [6, 6.07) is 11.4. The number of nitrogen functional groups attached to an aromatic ring is 1. The number of hydrogen-bond acceptors (Lipinski definition) is 7. The Morgan fingerprint density at radius 1 is 1.27 bits per heavy atom. The fourth-order valence-corrected chi connectivity index (χ4v) is 2.46. The lowest BCUT2D eigenvalue weighted by Crippen LogP contribution is -2.33. The maximum atomic E-state index is 11.9. The fourth-order valence-electron chi connectivity index (χ4n) is 2.46. The van der Waals surface area contributed by atoms with Gasteiger partial charge in [0.2, 0.25) is 0 Å². The van der Waals surface area contributed by atoms with Crippen molar-refractivity contribution in [3.05, 3.63) is 58.6 Å². The summed E-state index contributed by atoms with van der Waals surface area (Å²) >= 11 is 0. The first kappa shape index (κ1) is 18.5. The molecule has 0 aliphatic carbocycles. The van der Waals surface area contributed by atoms with Gasteiger partial charge in [-0.25, -0.2) is 4.79 Å². The highest BCUT2D eigenvalue weighted by Gasteiger charge is 2.30. The van der Waals surface area contributed by atoms with E-state index in [2.05, 4.69) is 4.98 Å². The molecule has 0 amide bonds. The van der Waals surface area contributed by atoms with Gasteiger partial charge in [0.15, 0.2) is 18.3 Å². The van der Waals surface area contributed by atoms with E-state index >= 15 is 0 Å². The van der Waals surface area contributed by atoms with Gasteiger partial charge in [-0.3, -0.25) is 4.57 Å². The summed E-state index contributed by atoms with van der Waals surface area (Å²) in [7, 11) is 0. The maximum absolute atomic E-state index is 11.9. The molecule has 0 saturated carbocycles. The third kappa shape index (κ3) is 4.89. The highest BCUT2D eigenvalue weighted by molar-refractivity contribution is 5.23. The van der Waals surface area contributed by atoms with Gasteiger partial charge in [0.05, 0.1) is 13.2 Å². The number of anilines is 1. The van der Waals surface area contributed by atoms with E-state index in [-0.39, 0.29) is 19.0 Å². The van der Waals surface area contributed by atoms with Crippen LogP contribution in [0.5, 0.6) is 0 Å². The van der Waals surface area contributed by atoms with E-state index in [1.807, 2.05) is 44.2 Å². The molecule has 8 heteroatoms. The highest BCUT2D eigenvalue weighted by Crippen LogP contribution is 2.22. The van der Waals surface area contributed by atoms with E-state index in [0.29, 0.717) is 6.61 Å². The molecule has 2 heterocycles. The summed E-state index contributed by atoms with van der Waals surface area (Å²) in [6.07, 6.45) is 0.385. The summed E-state index contributed by atoms with van der Waals surface area (Å²) in [5.74, 6) is -0.636. The molecule has 0 bridgehead atoms. The standard InChI is InChI=1S/C18H23N3O5/c1-18(2,24-10-13-6-4-3-5-7-13)25-12-16-23-11-15(26-16)21-9-8-14(19)20-17(21)22/h3-9,15-16H,10-12H2,1-2H3,(H2,19,20,22). The number of nitrogens with two attached hydrogens (primary N) is 1. The fraction of sp³-hybridized carbons (Fsp3) is 0.444. The number of aromatic nitrogens is 2. The van der Waals surface area contributed by atoms with Crippen LogP contribution in [0.4, 0.5) is 5.82 Å². The second-order valence-corrected chi connectivity index (χ2v) is 6.38. The molecule has 2 atom stereocenters. The van der Waals surface area contributed by atoms with Crippen molar-refractivity contribution in [3.63, 3.8) is 0 Å². The number of ether oxygens (including phenoxy) is 4. The van der Waals surface area contributed by atoms with Crippen molar-refractivity contribution < 1.29 is 18.9 Å². The Kier molecular flexibility index (Phi) is 5.67. The van der Waals surface area contributed by atoms with Crippen LogP contribution < -0.4 is 11.4 Å². The topological polar surface area (TPSA) is 97.8 Å². The predicted molar refractivity (Wildman–Crippen MR) is 94.0 cm³/mol. The largest absolute Gasteiger partial charge is 0.383 e. The Balaban J connectivity index is 1.48. The molecule has 1 aromatic carbocycles. The van der Waals surface area contributed by atoms with Crippen LogP contribution in [0.3, 0.4) is 0 Å². The zero-order valence-electron chi connectivity index (χ0n) is 14.8. The molecule has 1 fully saturated rings. The van der Waals surface area contributed by atoms with Crippen molar-refractivity contribution in [1.29, 1.82) is 0 Å². The smallest absolute Gasteiger partial charge is 0.351 e. The van der Waals surface area contributed by atoms with Gasteiger partial charge in [-0.2, -0.15) is 4.98 Å². The summed E-state index contributed by atoms with van der Waals surface area (Å²) < 4.78 is 24.2. The molecule has 1 aliphatic heterocycles. The van der Waals surface area contributed by atoms with Crippen molar-refractivity contribution in [3.8, 4) is 0 Å². The van der Waals surface area contributed by atoms with Gasteiger partial charge >= 0.3 is 5.69 Å². The summed E-state index contributed by atoms with van der Waals surface area (Å²) in [4.78, 5) is 15.5. The Hall–Kier alpha value is -2.26.